The number of amides is 2. The number of nitrogens with zero attached hydrogens (tertiary/aromatic N) is 3. The summed E-state index contributed by atoms with van der Waals surface area (Å²) in [5, 5.41) is 0.724. The van der Waals surface area contributed by atoms with E-state index in [1.165, 1.54) is 11.3 Å². The standard InChI is InChI=1S/C23H25N3O4S/c1-2-9-25(23-24-17-5-3-4-6-20(17)31-23)22(28)15-12-21(27)26(14-15)16-7-8-18-19(13-16)30-11-10-29-18/h2,7-8,13,15H,1,3-6,9-12,14H2/t15-/m0/s1. The number of carbonyl (C=O) groups is 2. The van der Waals surface area contributed by atoms with Crippen molar-refractivity contribution in [3.63, 3.8) is 0 Å². The third-order valence-electron chi connectivity index (χ3n) is 5.95. The average Bonchev–Trinajstić information content (AvgIpc) is 3.40. The highest BCUT2D eigenvalue weighted by molar-refractivity contribution is 7.16. The summed E-state index contributed by atoms with van der Waals surface area (Å²) in [5.41, 5.74) is 1.85. The molecule has 1 fully saturated rings. The molecular formula is C23H25N3O4S. The summed E-state index contributed by atoms with van der Waals surface area (Å²) < 4.78 is 11.2. The Morgan fingerprint density at radius 2 is 2.06 bits per heavy atom. The van der Waals surface area contributed by atoms with Crippen LogP contribution in [-0.4, -0.2) is 43.1 Å². The Hall–Kier alpha value is -2.87. The second kappa shape index (κ2) is 8.34. The summed E-state index contributed by atoms with van der Waals surface area (Å²) in [4.78, 5) is 35.6. The number of carbonyl (C=O) groups excluding carboxylic acids is 2. The minimum atomic E-state index is -0.415. The molecule has 7 nitrogen and oxygen atoms in total. The maximum Gasteiger partial charge on any atom is 0.234 e. The molecule has 162 valence electrons. The van der Waals surface area contributed by atoms with Gasteiger partial charge in [0.25, 0.3) is 0 Å². The second-order valence-corrected chi connectivity index (χ2v) is 9.11. The zero-order valence-electron chi connectivity index (χ0n) is 17.3. The number of hydrogen-bond acceptors (Lipinski definition) is 6. The SMILES string of the molecule is C=CCN(C(=O)[C@H]1CC(=O)N(c2ccc3c(c2)OCCO3)C1)c1nc2c(s1)CCCC2. The van der Waals surface area contributed by atoms with Crippen LogP contribution in [-0.2, 0) is 22.4 Å². The molecule has 31 heavy (non-hydrogen) atoms. The lowest BCUT2D eigenvalue weighted by Gasteiger charge is -2.23. The molecule has 0 N–H and O–H groups in total. The molecule has 1 aromatic heterocycles. The Bertz CT molecular complexity index is 1010. The number of benzene rings is 1. The zero-order chi connectivity index (χ0) is 21.4. The van der Waals surface area contributed by atoms with E-state index in [1.807, 2.05) is 18.2 Å². The first-order valence-electron chi connectivity index (χ1n) is 10.7. The highest BCUT2D eigenvalue weighted by Crippen LogP contribution is 2.37. The molecule has 1 atom stereocenters. The third kappa shape index (κ3) is 3.80. The number of anilines is 2. The summed E-state index contributed by atoms with van der Waals surface area (Å²) in [7, 11) is 0. The van der Waals surface area contributed by atoms with E-state index in [1.54, 1.807) is 27.2 Å². The smallest absolute Gasteiger partial charge is 0.234 e. The van der Waals surface area contributed by atoms with Gasteiger partial charge in [0.1, 0.15) is 13.2 Å². The fourth-order valence-electron chi connectivity index (χ4n) is 4.39. The number of ether oxygens (including phenoxy) is 2. The predicted molar refractivity (Wildman–Crippen MR) is 119 cm³/mol. The Morgan fingerprint density at radius 3 is 2.87 bits per heavy atom. The molecule has 0 bridgehead atoms. The fourth-order valence-corrected chi connectivity index (χ4v) is 5.55. The molecule has 8 heteroatoms. The summed E-state index contributed by atoms with van der Waals surface area (Å²) >= 11 is 1.60. The molecule has 0 unspecified atom stereocenters. The minimum Gasteiger partial charge on any atom is -0.486 e. The van der Waals surface area contributed by atoms with Crippen molar-refractivity contribution in [2.75, 3.05) is 36.1 Å². The lowest BCUT2D eigenvalue weighted by atomic mass is 10.0. The Balaban J connectivity index is 1.35. The largest absolute Gasteiger partial charge is 0.486 e. The first-order chi connectivity index (χ1) is 15.1. The van der Waals surface area contributed by atoms with Gasteiger partial charge in [-0.2, -0.15) is 0 Å². The monoisotopic (exact) mass is 439 g/mol. The normalized spacial score (nSPS) is 19.8. The topological polar surface area (TPSA) is 72.0 Å². The van der Waals surface area contributed by atoms with E-state index in [9.17, 15) is 9.59 Å². The number of aryl methyl sites for hydroxylation is 2. The van der Waals surface area contributed by atoms with Crippen molar-refractivity contribution in [2.24, 2.45) is 5.92 Å². The van der Waals surface area contributed by atoms with Crippen LogP contribution in [0, 0.1) is 5.92 Å². The van der Waals surface area contributed by atoms with Gasteiger partial charge in [-0.05, 0) is 37.8 Å². The van der Waals surface area contributed by atoms with Gasteiger partial charge >= 0.3 is 0 Å². The number of fused-ring (bicyclic) bond motifs is 2. The molecule has 2 aromatic rings. The predicted octanol–water partition coefficient (Wildman–Crippen LogP) is 3.37. The van der Waals surface area contributed by atoms with E-state index < -0.39 is 5.92 Å². The van der Waals surface area contributed by atoms with E-state index in [0.29, 0.717) is 37.8 Å². The number of thiazole rings is 1. The maximum absolute atomic E-state index is 13.4. The highest BCUT2D eigenvalue weighted by atomic mass is 32.1. The molecular weight excluding hydrogens is 414 g/mol. The van der Waals surface area contributed by atoms with Gasteiger partial charge in [-0.15, -0.1) is 17.9 Å². The second-order valence-electron chi connectivity index (χ2n) is 8.04. The summed E-state index contributed by atoms with van der Waals surface area (Å²) in [6.07, 6.45) is 6.23. The van der Waals surface area contributed by atoms with Crippen molar-refractivity contribution in [3.8, 4) is 11.5 Å². The minimum absolute atomic E-state index is 0.0629. The third-order valence-corrected chi connectivity index (χ3v) is 7.14. The molecule has 5 rings (SSSR count). The summed E-state index contributed by atoms with van der Waals surface area (Å²) in [6, 6.07) is 5.47. The molecule has 0 saturated carbocycles. The Morgan fingerprint density at radius 1 is 1.26 bits per heavy atom. The van der Waals surface area contributed by atoms with Crippen LogP contribution in [0.15, 0.2) is 30.9 Å². The van der Waals surface area contributed by atoms with Crippen LogP contribution in [0.1, 0.15) is 29.8 Å². The molecule has 1 aromatic carbocycles. The molecule has 2 amide bonds. The van der Waals surface area contributed by atoms with Crippen molar-refractivity contribution in [3.05, 3.63) is 41.4 Å². The van der Waals surface area contributed by atoms with Crippen LogP contribution in [0.5, 0.6) is 11.5 Å². The van der Waals surface area contributed by atoms with E-state index in [-0.39, 0.29) is 18.2 Å². The zero-order valence-corrected chi connectivity index (χ0v) is 18.2. The molecule has 1 aliphatic carbocycles. The maximum atomic E-state index is 13.4. The van der Waals surface area contributed by atoms with E-state index >= 15 is 0 Å². The summed E-state index contributed by atoms with van der Waals surface area (Å²) in [6.45, 7) is 5.55. The van der Waals surface area contributed by atoms with Gasteiger partial charge in [-0.25, -0.2) is 4.98 Å². The van der Waals surface area contributed by atoms with Gasteiger partial charge in [-0.1, -0.05) is 6.08 Å². The quantitative estimate of drug-likeness (QED) is 0.668. The lowest BCUT2D eigenvalue weighted by molar-refractivity contribution is -0.124. The van der Waals surface area contributed by atoms with E-state index in [4.69, 9.17) is 14.5 Å². The molecule has 0 spiro atoms. The van der Waals surface area contributed by atoms with Crippen LogP contribution >= 0.6 is 11.3 Å². The van der Waals surface area contributed by atoms with Gasteiger partial charge < -0.3 is 14.4 Å². The molecule has 3 aliphatic rings. The Kier molecular flexibility index (Phi) is 5.40. The molecule has 0 radical (unpaired) electrons. The van der Waals surface area contributed by atoms with Crippen molar-refractivity contribution in [1.82, 2.24) is 4.98 Å². The molecule has 1 saturated heterocycles. The fraction of sp³-hybridized carbons (Fsp3) is 0.435. The first-order valence-corrected chi connectivity index (χ1v) is 11.6. The van der Waals surface area contributed by atoms with Crippen LogP contribution in [0.3, 0.4) is 0 Å². The van der Waals surface area contributed by atoms with Crippen LogP contribution in [0.2, 0.25) is 0 Å². The Labute approximate surface area is 185 Å². The van der Waals surface area contributed by atoms with Crippen LogP contribution < -0.4 is 19.3 Å². The lowest BCUT2D eigenvalue weighted by Crippen LogP contribution is -2.37. The van der Waals surface area contributed by atoms with Gasteiger partial charge in [0.2, 0.25) is 11.8 Å². The van der Waals surface area contributed by atoms with E-state index in [0.717, 1.165) is 35.8 Å². The summed E-state index contributed by atoms with van der Waals surface area (Å²) in [5.74, 6) is 0.764. The van der Waals surface area contributed by atoms with Gasteiger partial charge in [0, 0.05) is 36.1 Å². The number of rotatable bonds is 5. The average molecular weight is 440 g/mol. The van der Waals surface area contributed by atoms with Gasteiger partial charge in [0.15, 0.2) is 16.6 Å². The van der Waals surface area contributed by atoms with E-state index in [2.05, 4.69) is 6.58 Å². The van der Waals surface area contributed by atoms with Crippen molar-refractivity contribution < 1.29 is 19.1 Å². The molecule has 2 aliphatic heterocycles. The van der Waals surface area contributed by atoms with Crippen molar-refractivity contribution >= 4 is 34.0 Å². The van der Waals surface area contributed by atoms with Gasteiger partial charge in [-0.3, -0.25) is 14.5 Å². The molecule has 3 heterocycles. The van der Waals surface area contributed by atoms with Crippen LogP contribution in [0.4, 0.5) is 10.8 Å². The number of hydrogen-bond donors (Lipinski definition) is 0. The first kappa shape index (κ1) is 20.1. The highest BCUT2D eigenvalue weighted by Gasteiger charge is 2.38. The number of aromatic nitrogens is 1. The van der Waals surface area contributed by atoms with Gasteiger partial charge in [0.05, 0.1) is 11.6 Å². The van der Waals surface area contributed by atoms with Crippen molar-refractivity contribution in [1.29, 1.82) is 0 Å². The van der Waals surface area contributed by atoms with Crippen molar-refractivity contribution in [2.45, 2.75) is 32.1 Å². The van der Waals surface area contributed by atoms with Crippen LogP contribution in [0.25, 0.3) is 0 Å².